The molecular weight excluding hydrogens is 310 g/mol. The van der Waals surface area contributed by atoms with E-state index in [9.17, 15) is 0 Å². The Balaban J connectivity index is 0.000000924. The van der Waals surface area contributed by atoms with Gasteiger partial charge in [0.05, 0.1) is 11.3 Å². The van der Waals surface area contributed by atoms with Crippen molar-refractivity contribution < 1.29 is 4.52 Å². The first kappa shape index (κ1) is 17.0. The summed E-state index contributed by atoms with van der Waals surface area (Å²) in [6, 6.07) is 13.7. The summed E-state index contributed by atoms with van der Waals surface area (Å²) in [6.07, 6.45) is 2.35. The van der Waals surface area contributed by atoms with Gasteiger partial charge in [-0.2, -0.15) is 0 Å². The molecule has 0 aliphatic carbocycles. The summed E-state index contributed by atoms with van der Waals surface area (Å²) in [6.45, 7) is 4.00. The van der Waals surface area contributed by atoms with E-state index >= 15 is 0 Å². The quantitative estimate of drug-likeness (QED) is 0.706. The molecule has 2 aromatic heterocycles. The minimum Gasteiger partial charge on any atom is -0.383 e. The lowest BCUT2D eigenvalue weighted by Crippen LogP contribution is -1.92. The first-order valence-corrected chi connectivity index (χ1v) is 8.10. The Kier molecular flexibility index (Phi) is 6.18. The number of hydrogen-bond acceptors (Lipinski definition) is 4. The lowest BCUT2D eigenvalue weighted by Gasteiger charge is -1.99. The largest absolute Gasteiger partial charge is 0.383 e. The molecule has 5 heteroatoms. The summed E-state index contributed by atoms with van der Waals surface area (Å²) in [5.41, 5.74) is 9.70. The van der Waals surface area contributed by atoms with E-state index in [1.54, 1.807) is 6.20 Å². The maximum atomic E-state index is 5.83. The van der Waals surface area contributed by atoms with E-state index in [4.69, 9.17) is 21.9 Å². The predicted molar refractivity (Wildman–Crippen MR) is 94.3 cm³/mol. The Morgan fingerprint density at radius 3 is 2.43 bits per heavy atom. The number of rotatable bonds is 4. The van der Waals surface area contributed by atoms with Gasteiger partial charge in [-0.1, -0.05) is 43.3 Å². The van der Waals surface area contributed by atoms with Crippen LogP contribution >= 0.6 is 11.6 Å². The van der Waals surface area contributed by atoms with Gasteiger partial charge in [-0.15, -0.1) is 11.6 Å². The highest BCUT2D eigenvalue weighted by Crippen LogP contribution is 2.25. The predicted octanol–water partition coefficient (Wildman–Crippen LogP) is 4.67. The topological polar surface area (TPSA) is 64.9 Å². The number of aromatic nitrogens is 2. The molecule has 0 saturated heterocycles. The third kappa shape index (κ3) is 4.33. The van der Waals surface area contributed by atoms with Crippen LogP contribution in [-0.2, 0) is 12.3 Å². The van der Waals surface area contributed by atoms with Crippen molar-refractivity contribution in [2.24, 2.45) is 0 Å². The Morgan fingerprint density at radius 1 is 1.09 bits per heavy atom. The van der Waals surface area contributed by atoms with Crippen LogP contribution in [-0.4, -0.2) is 10.1 Å². The number of benzene rings is 1. The fraction of sp³-hybridized carbons (Fsp3) is 0.222. The van der Waals surface area contributed by atoms with Gasteiger partial charge in [0.1, 0.15) is 5.82 Å². The van der Waals surface area contributed by atoms with E-state index in [-0.39, 0.29) is 0 Å². The molecular formula is C18H20ClN3O. The summed E-state index contributed by atoms with van der Waals surface area (Å²) in [7, 11) is 0. The molecule has 0 bridgehead atoms. The highest BCUT2D eigenvalue weighted by Gasteiger charge is 2.10. The Hall–Kier alpha value is -2.33. The first-order chi connectivity index (χ1) is 11.3. The van der Waals surface area contributed by atoms with Crippen LogP contribution in [0.25, 0.3) is 11.3 Å². The third-order valence-electron chi connectivity index (χ3n) is 3.23. The maximum Gasteiger partial charge on any atom is 0.170 e. The Labute approximate surface area is 141 Å². The summed E-state index contributed by atoms with van der Waals surface area (Å²) < 4.78 is 5.36. The molecule has 2 heterocycles. The molecule has 2 N–H and O–H groups in total. The number of nitrogen functional groups attached to an aromatic ring is 1. The summed E-state index contributed by atoms with van der Waals surface area (Å²) in [5.74, 6) is 1.59. The minimum atomic E-state index is 0.437. The molecule has 0 aliphatic rings. The molecule has 3 rings (SSSR count). The first-order valence-electron chi connectivity index (χ1n) is 7.56. The third-order valence-corrected chi connectivity index (χ3v) is 3.53. The highest BCUT2D eigenvalue weighted by molar-refractivity contribution is 6.17. The lowest BCUT2D eigenvalue weighted by molar-refractivity contribution is 0.425. The van der Waals surface area contributed by atoms with Crippen LogP contribution in [0, 0.1) is 0 Å². The average Bonchev–Trinajstić information content (AvgIpc) is 3.06. The van der Waals surface area contributed by atoms with E-state index in [2.05, 4.69) is 10.1 Å². The molecule has 23 heavy (non-hydrogen) atoms. The molecule has 0 fully saturated rings. The fourth-order valence-electron chi connectivity index (χ4n) is 2.10. The Bertz CT molecular complexity index is 738. The second kappa shape index (κ2) is 8.34. The molecule has 3 aromatic rings. The number of alkyl halides is 1. The van der Waals surface area contributed by atoms with Gasteiger partial charge in [-0.25, -0.2) is 4.98 Å². The number of halogens is 1. The Morgan fingerprint density at radius 2 is 1.78 bits per heavy atom. The van der Waals surface area contributed by atoms with E-state index in [0.717, 1.165) is 22.4 Å². The zero-order valence-electron chi connectivity index (χ0n) is 13.3. The number of pyridine rings is 1. The van der Waals surface area contributed by atoms with Gasteiger partial charge < -0.3 is 10.3 Å². The SMILES string of the molecule is CC.Nc1ncccc1-c1cc(Cc2ccc(CCl)cc2)no1. The molecule has 0 saturated carbocycles. The van der Waals surface area contributed by atoms with Crippen molar-refractivity contribution in [2.45, 2.75) is 26.1 Å². The van der Waals surface area contributed by atoms with Crippen molar-refractivity contribution in [2.75, 3.05) is 5.73 Å². The fourth-order valence-corrected chi connectivity index (χ4v) is 2.28. The summed E-state index contributed by atoms with van der Waals surface area (Å²) in [4.78, 5) is 4.05. The molecule has 0 amide bonds. The number of nitrogens with zero attached hydrogens (tertiary/aromatic N) is 2. The highest BCUT2D eigenvalue weighted by atomic mass is 35.5. The van der Waals surface area contributed by atoms with Crippen molar-refractivity contribution in [1.82, 2.24) is 10.1 Å². The van der Waals surface area contributed by atoms with Crippen LogP contribution in [0.2, 0.25) is 0 Å². The van der Waals surface area contributed by atoms with Crippen molar-refractivity contribution in [3.63, 3.8) is 0 Å². The van der Waals surface area contributed by atoms with Gasteiger partial charge >= 0.3 is 0 Å². The van der Waals surface area contributed by atoms with Crippen LogP contribution in [0.5, 0.6) is 0 Å². The minimum absolute atomic E-state index is 0.437. The van der Waals surface area contributed by atoms with E-state index in [0.29, 0.717) is 23.9 Å². The van der Waals surface area contributed by atoms with Crippen LogP contribution in [0.1, 0.15) is 30.7 Å². The summed E-state index contributed by atoms with van der Waals surface area (Å²) in [5, 5.41) is 4.09. The van der Waals surface area contributed by atoms with Crippen LogP contribution in [0.3, 0.4) is 0 Å². The molecule has 1 aromatic carbocycles. The van der Waals surface area contributed by atoms with Gasteiger partial charge in [0.2, 0.25) is 0 Å². The molecule has 0 spiro atoms. The van der Waals surface area contributed by atoms with Crippen molar-refractivity contribution in [1.29, 1.82) is 0 Å². The van der Waals surface area contributed by atoms with Crippen molar-refractivity contribution in [3.8, 4) is 11.3 Å². The molecule has 0 radical (unpaired) electrons. The monoisotopic (exact) mass is 329 g/mol. The van der Waals surface area contributed by atoms with Gasteiger partial charge in [-0.3, -0.25) is 0 Å². The van der Waals surface area contributed by atoms with Gasteiger partial charge in [0.25, 0.3) is 0 Å². The molecule has 0 unspecified atom stereocenters. The molecule has 120 valence electrons. The van der Waals surface area contributed by atoms with E-state index in [1.165, 1.54) is 0 Å². The number of nitrogens with two attached hydrogens (primary N) is 1. The second-order valence-corrected chi connectivity index (χ2v) is 5.01. The van der Waals surface area contributed by atoms with Gasteiger partial charge in [0, 0.05) is 24.6 Å². The van der Waals surface area contributed by atoms with E-state index < -0.39 is 0 Å². The zero-order chi connectivity index (χ0) is 16.7. The summed E-state index contributed by atoms with van der Waals surface area (Å²) >= 11 is 5.78. The van der Waals surface area contributed by atoms with E-state index in [1.807, 2.05) is 56.3 Å². The maximum absolute atomic E-state index is 5.83. The van der Waals surface area contributed by atoms with Crippen molar-refractivity contribution >= 4 is 17.4 Å². The molecule has 0 aliphatic heterocycles. The number of hydrogen-bond donors (Lipinski definition) is 1. The van der Waals surface area contributed by atoms with Crippen LogP contribution in [0.15, 0.2) is 53.2 Å². The average molecular weight is 330 g/mol. The van der Waals surface area contributed by atoms with Gasteiger partial charge in [-0.05, 0) is 23.3 Å². The molecule has 0 atom stereocenters. The standard InChI is InChI=1S/C16H14ClN3O.C2H6/c17-10-12-5-3-11(4-6-12)8-13-9-15(21-20-13)14-2-1-7-19-16(14)18;1-2/h1-7,9H,8,10H2,(H2,18,19);1-2H3. The second-order valence-electron chi connectivity index (χ2n) is 4.75. The normalized spacial score (nSPS) is 10.0. The van der Waals surface area contributed by atoms with Gasteiger partial charge in [0.15, 0.2) is 5.76 Å². The van der Waals surface area contributed by atoms with Crippen molar-refractivity contribution in [3.05, 3.63) is 65.5 Å². The number of anilines is 1. The molecule has 4 nitrogen and oxygen atoms in total. The van der Waals surface area contributed by atoms with Crippen LogP contribution in [0.4, 0.5) is 5.82 Å². The smallest absolute Gasteiger partial charge is 0.170 e. The lowest BCUT2D eigenvalue weighted by atomic mass is 10.1. The van der Waals surface area contributed by atoms with Crippen LogP contribution < -0.4 is 5.73 Å². The zero-order valence-corrected chi connectivity index (χ0v) is 14.0.